The smallest absolute Gasteiger partial charge is 0.258 e. The molecule has 4 nitrogen and oxygen atoms in total. The average molecular weight is 369 g/mol. The summed E-state index contributed by atoms with van der Waals surface area (Å²) in [4.78, 5) is 13.6. The number of hydrogen-bond acceptors (Lipinski definition) is 3. The fourth-order valence-electron chi connectivity index (χ4n) is 2.31. The molecule has 0 fully saturated rings. The molecule has 1 N–H and O–H groups in total. The van der Waals surface area contributed by atoms with Gasteiger partial charge in [-0.25, -0.2) is 8.78 Å². The van der Waals surface area contributed by atoms with E-state index in [0.717, 1.165) is 0 Å². The number of carbonyl (C=O) groups is 1. The quantitative estimate of drug-likeness (QED) is 0.814. The van der Waals surface area contributed by atoms with Gasteiger partial charge >= 0.3 is 0 Å². The summed E-state index contributed by atoms with van der Waals surface area (Å²) in [7, 11) is 3.37. The molecule has 1 atom stereocenters. The minimum atomic E-state index is -0.648. The van der Waals surface area contributed by atoms with Crippen LogP contribution in [0, 0.1) is 11.6 Å². The summed E-state index contributed by atoms with van der Waals surface area (Å²) in [6, 6.07) is 9.65. The number of ether oxygens (including phenoxy) is 1. The molecule has 2 aromatic rings. The summed E-state index contributed by atoms with van der Waals surface area (Å²) in [5.74, 6) is -1.18. The second kappa shape index (κ2) is 8.78. The number of hydrogen-bond donors (Lipinski definition) is 1. The molecule has 0 spiro atoms. The van der Waals surface area contributed by atoms with Crippen LogP contribution < -0.4 is 10.1 Å². The van der Waals surface area contributed by atoms with Gasteiger partial charge < -0.3 is 15.0 Å². The van der Waals surface area contributed by atoms with E-state index >= 15 is 0 Å². The highest BCUT2D eigenvalue weighted by molar-refractivity contribution is 6.30. The SMILES string of the molecule is CN(C)C(CNC(=O)COc1ccc(Cl)cc1)c1c(F)cccc1F. The minimum absolute atomic E-state index is 0.0493. The molecular weight excluding hydrogens is 350 g/mol. The second-order valence-corrected chi connectivity index (χ2v) is 6.10. The molecule has 0 radical (unpaired) electrons. The third-order valence-electron chi connectivity index (χ3n) is 3.63. The molecule has 0 heterocycles. The topological polar surface area (TPSA) is 41.6 Å². The van der Waals surface area contributed by atoms with Gasteiger partial charge in [0.25, 0.3) is 5.91 Å². The number of nitrogens with one attached hydrogen (secondary N) is 1. The van der Waals surface area contributed by atoms with E-state index in [1.165, 1.54) is 18.2 Å². The Labute approximate surface area is 150 Å². The van der Waals surface area contributed by atoms with Gasteiger partial charge in [-0.1, -0.05) is 17.7 Å². The number of halogens is 3. The lowest BCUT2D eigenvalue weighted by Gasteiger charge is -2.25. The Bertz CT molecular complexity index is 703. The molecule has 0 aromatic heterocycles. The van der Waals surface area contributed by atoms with Crippen LogP contribution in [-0.2, 0) is 4.79 Å². The van der Waals surface area contributed by atoms with Gasteiger partial charge in [0.05, 0.1) is 6.04 Å². The zero-order valence-corrected chi connectivity index (χ0v) is 14.7. The van der Waals surface area contributed by atoms with E-state index in [2.05, 4.69) is 5.32 Å². The first kappa shape index (κ1) is 19.1. The largest absolute Gasteiger partial charge is 0.484 e. The predicted molar refractivity (Wildman–Crippen MR) is 92.7 cm³/mol. The molecular formula is C18H19ClF2N2O2. The number of amides is 1. The molecule has 1 unspecified atom stereocenters. The number of benzene rings is 2. The molecule has 1 amide bonds. The van der Waals surface area contributed by atoms with Crippen molar-refractivity contribution in [3.8, 4) is 5.75 Å². The summed E-state index contributed by atoms with van der Waals surface area (Å²) >= 11 is 5.77. The maximum absolute atomic E-state index is 14.0. The van der Waals surface area contributed by atoms with Gasteiger partial charge in [-0.2, -0.15) is 0 Å². The van der Waals surface area contributed by atoms with E-state index < -0.39 is 23.6 Å². The van der Waals surface area contributed by atoms with Crippen molar-refractivity contribution in [2.75, 3.05) is 27.2 Å². The third kappa shape index (κ3) is 5.41. The van der Waals surface area contributed by atoms with Crippen molar-refractivity contribution >= 4 is 17.5 Å². The van der Waals surface area contributed by atoms with Gasteiger partial charge in [0.15, 0.2) is 6.61 Å². The Morgan fingerprint density at radius 3 is 2.32 bits per heavy atom. The van der Waals surface area contributed by atoms with E-state index in [4.69, 9.17) is 16.3 Å². The van der Waals surface area contributed by atoms with Gasteiger partial charge in [-0.15, -0.1) is 0 Å². The fraction of sp³-hybridized carbons (Fsp3) is 0.278. The molecule has 7 heteroatoms. The van der Waals surface area contributed by atoms with Crippen LogP contribution in [-0.4, -0.2) is 38.1 Å². The highest BCUT2D eigenvalue weighted by Crippen LogP contribution is 2.23. The number of nitrogens with zero attached hydrogens (tertiary/aromatic N) is 1. The maximum atomic E-state index is 14.0. The van der Waals surface area contributed by atoms with Crippen molar-refractivity contribution in [3.05, 3.63) is 64.7 Å². The van der Waals surface area contributed by atoms with Crippen LogP contribution in [0.15, 0.2) is 42.5 Å². The lowest BCUT2D eigenvalue weighted by Crippen LogP contribution is -2.37. The molecule has 0 aliphatic rings. The summed E-state index contributed by atoms with van der Waals surface area (Å²) in [6.45, 7) is -0.158. The maximum Gasteiger partial charge on any atom is 0.258 e. The molecule has 2 rings (SSSR count). The Hall–Kier alpha value is -2.18. The highest BCUT2D eigenvalue weighted by Gasteiger charge is 2.22. The van der Waals surface area contributed by atoms with Gasteiger partial charge in [-0.05, 0) is 50.5 Å². The van der Waals surface area contributed by atoms with Crippen LogP contribution in [0.1, 0.15) is 11.6 Å². The Kier molecular flexibility index (Phi) is 6.73. The van der Waals surface area contributed by atoms with Crippen molar-refractivity contribution in [3.63, 3.8) is 0 Å². The summed E-state index contributed by atoms with van der Waals surface area (Å²) in [5, 5.41) is 3.20. The predicted octanol–water partition coefficient (Wildman–Crippen LogP) is 3.42. The molecule has 25 heavy (non-hydrogen) atoms. The van der Waals surface area contributed by atoms with Crippen molar-refractivity contribution < 1.29 is 18.3 Å². The summed E-state index contributed by atoms with van der Waals surface area (Å²) < 4.78 is 33.3. The monoisotopic (exact) mass is 368 g/mol. The van der Waals surface area contributed by atoms with Crippen molar-refractivity contribution in [1.82, 2.24) is 10.2 Å². The molecule has 0 saturated heterocycles. The molecule has 0 aliphatic carbocycles. The summed E-state index contributed by atoms with van der Waals surface area (Å²) in [5.41, 5.74) is -0.0774. The minimum Gasteiger partial charge on any atom is -0.484 e. The number of rotatable bonds is 7. The highest BCUT2D eigenvalue weighted by atomic mass is 35.5. The van der Waals surface area contributed by atoms with E-state index in [1.807, 2.05) is 0 Å². The Morgan fingerprint density at radius 1 is 1.16 bits per heavy atom. The fourth-order valence-corrected chi connectivity index (χ4v) is 2.44. The number of carbonyl (C=O) groups excluding carboxylic acids is 1. The second-order valence-electron chi connectivity index (χ2n) is 5.66. The van der Waals surface area contributed by atoms with Crippen LogP contribution in [0.3, 0.4) is 0 Å². The average Bonchev–Trinajstić information content (AvgIpc) is 2.56. The molecule has 134 valence electrons. The zero-order valence-electron chi connectivity index (χ0n) is 13.9. The van der Waals surface area contributed by atoms with E-state index in [0.29, 0.717) is 10.8 Å². The molecule has 2 aromatic carbocycles. The molecule has 0 aliphatic heterocycles. The van der Waals surface area contributed by atoms with Gasteiger partial charge in [0.1, 0.15) is 17.4 Å². The van der Waals surface area contributed by atoms with Gasteiger partial charge in [0, 0.05) is 17.1 Å². The van der Waals surface area contributed by atoms with Crippen LogP contribution in [0.25, 0.3) is 0 Å². The first-order chi connectivity index (χ1) is 11.9. The molecule has 0 bridgehead atoms. The standard InChI is InChI=1S/C18H19ClF2N2O2/c1-23(2)16(18-14(20)4-3-5-15(18)21)10-22-17(24)11-25-13-8-6-12(19)7-9-13/h3-9,16H,10-11H2,1-2H3,(H,22,24). The van der Waals surface area contributed by atoms with Gasteiger partial charge in [0.2, 0.25) is 0 Å². The van der Waals surface area contributed by atoms with Crippen molar-refractivity contribution in [2.24, 2.45) is 0 Å². The van der Waals surface area contributed by atoms with E-state index in [9.17, 15) is 13.6 Å². The molecule has 0 saturated carbocycles. The first-order valence-electron chi connectivity index (χ1n) is 7.64. The lowest BCUT2D eigenvalue weighted by molar-refractivity contribution is -0.123. The first-order valence-corrected chi connectivity index (χ1v) is 8.01. The summed E-state index contributed by atoms with van der Waals surface area (Å²) in [6.07, 6.45) is 0. The Balaban J connectivity index is 1.94. The zero-order chi connectivity index (χ0) is 18.4. The Morgan fingerprint density at radius 2 is 1.76 bits per heavy atom. The third-order valence-corrected chi connectivity index (χ3v) is 3.88. The van der Waals surface area contributed by atoms with Crippen LogP contribution >= 0.6 is 11.6 Å². The van der Waals surface area contributed by atoms with Crippen LogP contribution in [0.2, 0.25) is 5.02 Å². The van der Waals surface area contributed by atoms with Crippen molar-refractivity contribution in [2.45, 2.75) is 6.04 Å². The van der Waals surface area contributed by atoms with Gasteiger partial charge in [-0.3, -0.25) is 4.79 Å². The normalized spacial score (nSPS) is 12.1. The number of likely N-dealkylation sites (N-methyl/N-ethyl adjacent to an activating group) is 1. The van der Waals surface area contributed by atoms with Crippen LogP contribution in [0.4, 0.5) is 8.78 Å². The van der Waals surface area contributed by atoms with Crippen LogP contribution in [0.5, 0.6) is 5.75 Å². The van der Waals surface area contributed by atoms with E-state index in [-0.39, 0.29) is 18.7 Å². The lowest BCUT2D eigenvalue weighted by atomic mass is 10.0. The van der Waals surface area contributed by atoms with E-state index in [1.54, 1.807) is 43.3 Å². The van der Waals surface area contributed by atoms with Crippen molar-refractivity contribution in [1.29, 1.82) is 0 Å².